The van der Waals surface area contributed by atoms with Gasteiger partial charge in [-0.2, -0.15) is 0 Å². The number of rotatable bonds is 1. The van der Waals surface area contributed by atoms with E-state index in [2.05, 4.69) is 9.97 Å². The molecule has 1 unspecified atom stereocenters. The summed E-state index contributed by atoms with van der Waals surface area (Å²) < 4.78 is 0. The summed E-state index contributed by atoms with van der Waals surface area (Å²) in [5.74, 6) is 0.753. The van der Waals surface area contributed by atoms with Crippen LogP contribution in [0.15, 0.2) is 12.4 Å². The van der Waals surface area contributed by atoms with Gasteiger partial charge >= 0.3 is 0 Å². The van der Waals surface area contributed by atoms with Crippen molar-refractivity contribution in [1.29, 1.82) is 0 Å². The molecule has 2 heterocycles. The predicted octanol–water partition coefficient (Wildman–Crippen LogP) is 0.0766. The van der Waals surface area contributed by atoms with Gasteiger partial charge in [0.05, 0.1) is 6.04 Å². The summed E-state index contributed by atoms with van der Waals surface area (Å²) in [7, 11) is 1.96. The third-order valence-electron chi connectivity index (χ3n) is 2.70. The fourth-order valence-corrected chi connectivity index (χ4v) is 1.59. The van der Waals surface area contributed by atoms with Crippen molar-refractivity contribution < 1.29 is 4.79 Å². The molecule has 5 nitrogen and oxygen atoms in total. The third kappa shape index (κ3) is 1.39. The van der Waals surface area contributed by atoms with E-state index < -0.39 is 0 Å². The summed E-state index contributed by atoms with van der Waals surface area (Å²) in [5, 5.41) is 0. The Bertz CT molecular complexity index is 322. The van der Waals surface area contributed by atoms with Gasteiger partial charge in [-0.05, 0) is 14.0 Å². The van der Waals surface area contributed by atoms with Crippen LogP contribution in [0.4, 0.5) is 5.95 Å². The molecule has 0 spiro atoms. The number of anilines is 1. The van der Waals surface area contributed by atoms with Crippen LogP contribution in [-0.4, -0.2) is 47.0 Å². The van der Waals surface area contributed by atoms with Crippen molar-refractivity contribution in [3.05, 3.63) is 12.4 Å². The fourth-order valence-electron chi connectivity index (χ4n) is 1.59. The molecule has 1 aromatic heterocycles. The average Bonchev–Trinajstić information content (AvgIpc) is 2.67. The number of H-pyrrole nitrogens is 1. The molecule has 0 aliphatic carbocycles. The number of nitrogens with one attached hydrogen (secondary N) is 1. The molecular formula is C9H14N4O. The standard InChI is InChI=1S/C9H14N4O/c1-7-8(14)13(6-5-12(7)2)9-10-3-4-11-9/h3-4,7H,5-6H2,1-2H3,(H,10,11). The summed E-state index contributed by atoms with van der Waals surface area (Å²) in [6, 6.07) is -0.0613. The van der Waals surface area contributed by atoms with Crippen molar-refractivity contribution in [3.8, 4) is 0 Å². The Morgan fingerprint density at radius 2 is 2.36 bits per heavy atom. The van der Waals surface area contributed by atoms with Gasteiger partial charge < -0.3 is 4.98 Å². The second kappa shape index (κ2) is 3.42. The van der Waals surface area contributed by atoms with Gasteiger partial charge in [-0.15, -0.1) is 0 Å². The lowest BCUT2D eigenvalue weighted by molar-refractivity contribution is -0.124. The maximum Gasteiger partial charge on any atom is 0.246 e. The van der Waals surface area contributed by atoms with Crippen LogP contribution in [0.1, 0.15) is 6.92 Å². The molecule has 5 heteroatoms. The average molecular weight is 194 g/mol. The molecule has 1 aromatic rings. The van der Waals surface area contributed by atoms with Gasteiger partial charge in [0, 0.05) is 25.5 Å². The molecule has 1 atom stereocenters. The van der Waals surface area contributed by atoms with E-state index in [1.54, 1.807) is 17.3 Å². The highest BCUT2D eigenvalue weighted by atomic mass is 16.2. The smallest absolute Gasteiger partial charge is 0.246 e. The topological polar surface area (TPSA) is 52.2 Å². The van der Waals surface area contributed by atoms with Crippen molar-refractivity contribution >= 4 is 11.9 Å². The summed E-state index contributed by atoms with van der Waals surface area (Å²) in [5.41, 5.74) is 0. The van der Waals surface area contributed by atoms with Crippen LogP contribution in [0.25, 0.3) is 0 Å². The third-order valence-corrected chi connectivity index (χ3v) is 2.70. The largest absolute Gasteiger partial charge is 0.331 e. The molecule has 1 saturated heterocycles. The lowest BCUT2D eigenvalue weighted by Gasteiger charge is -2.35. The zero-order valence-electron chi connectivity index (χ0n) is 8.40. The highest BCUT2D eigenvalue weighted by molar-refractivity contribution is 5.96. The maximum atomic E-state index is 11.9. The molecule has 0 aromatic carbocycles. The van der Waals surface area contributed by atoms with Crippen LogP contribution in [-0.2, 0) is 4.79 Å². The summed E-state index contributed by atoms with van der Waals surface area (Å²) in [6.07, 6.45) is 3.39. The van der Waals surface area contributed by atoms with Crippen LogP contribution in [0.5, 0.6) is 0 Å². The van der Waals surface area contributed by atoms with E-state index in [1.807, 2.05) is 18.9 Å². The van der Waals surface area contributed by atoms with Gasteiger partial charge in [-0.1, -0.05) is 0 Å². The maximum absolute atomic E-state index is 11.9. The summed E-state index contributed by atoms with van der Waals surface area (Å²) in [4.78, 5) is 22.6. The SMILES string of the molecule is CC1C(=O)N(c2ncc[nH]2)CCN1C. The number of carbonyl (C=O) groups is 1. The Labute approximate surface area is 82.7 Å². The van der Waals surface area contributed by atoms with Crippen molar-refractivity contribution in [2.45, 2.75) is 13.0 Å². The van der Waals surface area contributed by atoms with Crippen molar-refractivity contribution in [1.82, 2.24) is 14.9 Å². The molecule has 1 aliphatic heterocycles. The van der Waals surface area contributed by atoms with Gasteiger partial charge in [0.15, 0.2) is 0 Å². The zero-order valence-corrected chi connectivity index (χ0v) is 8.40. The second-order valence-corrected chi connectivity index (χ2v) is 3.56. The highest BCUT2D eigenvalue weighted by Crippen LogP contribution is 2.14. The van der Waals surface area contributed by atoms with Crippen LogP contribution in [0, 0.1) is 0 Å². The second-order valence-electron chi connectivity index (χ2n) is 3.56. The first kappa shape index (κ1) is 9.21. The van der Waals surface area contributed by atoms with E-state index in [-0.39, 0.29) is 11.9 Å². The lowest BCUT2D eigenvalue weighted by atomic mass is 10.2. The number of nitrogens with zero attached hydrogens (tertiary/aromatic N) is 3. The Kier molecular flexibility index (Phi) is 2.25. The molecular weight excluding hydrogens is 180 g/mol. The predicted molar refractivity (Wildman–Crippen MR) is 53.0 cm³/mol. The number of piperazine rings is 1. The van der Waals surface area contributed by atoms with Crippen LogP contribution in [0.2, 0.25) is 0 Å². The van der Waals surface area contributed by atoms with E-state index >= 15 is 0 Å². The Morgan fingerprint density at radius 3 is 3.00 bits per heavy atom. The van der Waals surface area contributed by atoms with Crippen molar-refractivity contribution in [2.24, 2.45) is 0 Å². The van der Waals surface area contributed by atoms with Gasteiger partial charge in [-0.25, -0.2) is 4.98 Å². The molecule has 0 saturated carbocycles. The van der Waals surface area contributed by atoms with E-state index in [0.29, 0.717) is 12.5 Å². The van der Waals surface area contributed by atoms with Gasteiger partial charge in [0.1, 0.15) is 0 Å². The van der Waals surface area contributed by atoms with Gasteiger partial charge in [0.25, 0.3) is 0 Å². The van der Waals surface area contributed by atoms with Crippen molar-refractivity contribution in [2.75, 3.05) is 25.0 Å². The molecule has 1 aliphatic rings. The first-order valence-electron chi connectivity index (χ1n) is 4.71. The summed E-state index contributed by atoms with van der Waals surface area (Å²) >= 11 is 0. The highest BCUT2D eigenvalue weighted by Gasteiger charge is 2.30. The molecule has 76 valence electrons. The zero-order chi connectivity index (χ0) is 10.1. The lowest BCUT2D eigenvalue weighted by Crippen LogP contribution is -2.54. The minimum absolute atomic E-state index is 0.0613. The van der Waals surface area contributed by atoms with E-state index in [0.717, 1.165) is 6.54 Å². The number of imidazole rings is 1. The number of likely N-dealkylation sites (N-methyl/N-ethyl adjacent to an activating group) is 1. The molecule has 1 fully saturated rings. The van der Waals surface area contributed by atoms with Crippen LogP contribution in [0.3, 0.4) is 0 Å². The molecule has 1 N–H and O–H groups in total. The number of carbonyl (C=O) groups excluding carboxylic acids is 1. The van der Waals surface area contributed by atoms with Gasteiger partial charge in [-0.3, -0.25) is 14.6 Å². The normalized spacial score (nSPS) is 24.3. The molecule has 2 rings (SSSR count). The number of amides is 1. The Morgan fingerprint density at radius 1 is 1.57 bits per heavy atom. The molecule has 14 heavy (non-hydrogen) atoms. The first-order chi connectivity index (χ1) is 6.70. The van der Waals surface area contributed by atoms with Crippen molar-refractivity contribution in [3.63, 3.8) is 0 Å². The number of hydrogen-bond donors (Lipinski definition) is 1. The van der Waals surface area contributed by atoms with E-state index in [4.69, 9.17) is 0 Å². The minimum Gasteiger partial charge on any atom is -0.331 e. The monoisotopic (exact) mass is 194 g/mol. The Hall–Kier alpha value is -1.36. The quantitative estimate of drug-likeness (QED) is 0.688. The molecule has 0 bridgehead atoms. The van der Waals surface area contributed by atoms with Gasteiger partial charge in [0.2, 0.25) is 11.9 Å². The van der Waals surface area contributed by atoms with Crippen LogP contribution >= 0.6 is 0 Å². The number of hydrogen-bond acceptors (Lipinski definition) is 3. The van der Waals surface area contributed by atoms with E-state index in [1.165, 1.54) is 0 Å². The van der Waals surface area contributed by atoms with E-state index in [9.17, 15) is 4.79 Å². The summed E-state index contributed by atoms with van der Waals surface area (Å²) in [6.45, 7) is 3.50. The minimum atomic E-state index is -0.0613. The van der Waals surface area contributed by atoms with Crippen LogP contribution < -0.4 is 4.90 Å². The molecule has 1 amide bonds. The Balaban J connectivity index is 2.19. The number of aromatic nitrogens is 2. The number of aromatic amines is 1. The molecule has 0 radical (unpaired) electrons. The first-order valence-corrected chi connectivity index (χ1v) is 4.71. The fraction of sp³-hybridized carbons (Fsp3) is 0.556.